The third-order valence-corrected chi connectivity index (χ3v) is 5.98. The van der Waals surface area contributed by atoms with Gasteiger partial charge in [-0.25, -0.2) is 14.4 Å². The van der Waals surface area contributed by atoms with Crippen LogP contribution in [0.3, 0.4) is 0 Å². The Hall–Kier alpha value is -3.81. The van der Waals surface area contributed by atoms with E-state index in [-0.39, 0.29) is 6.03 Å². The predicted molar refractivity (Wildman–Crippen MR) is 133 cm³/mol. The molecule has 0 aromatic heterocycles. The van der Waals surface area contributed by atoms with Gasteiger partial charge in [-0.2, -0.15) is 0 Å². The van der Waals surface area contributed by atoms with Gasteiger partial charge >= 0.3 is 18.0 Å². The van der Waals surface area contributed by atoms with Gasteiger partial charge in [0.15, 0.2) is 0 Å². The van der Waals surface area contributed by atoms with Crippen LogP contribution < -0.4 is 16.0 Å². The summed E-state index contributed by atoms with van der Waals surface area (Å²) in [7, 11) is 1.32. The lowest BCUT2D eigenvalue weighted by Gasteiger charge is -2.35. The Labute approximate surface area is 200 Å². The van der Waals surface area contributed by atoms with Crippen molar-refractivity contribution >= 4 is 29.4 Å². The molecule has 0 radical (unpaired) electrons. The molecule has 0 spiro atoms. The number of carbonyl (C=O) groups is 3. The van der Waals surface area contributed by atoms with Crippen LogP contribution in [0, 0.1) is 13.8 Å². The summed E-state index contributed by atoms with van der Waals surface area (Å²) < 4.78 is 5.02. The van der Waals surface area contributed by atoms with E-state index in [2.05, 4.69) is 16.0 Å². The second kappa shape index (κ2) is 10.9. The van der Waals surface area contributed by atoms with Crippen LogP contribution in [-0.4, -0.2) is 36.6 Å². The highest BCUT2D eigenvalue weighted by atomic mass is 16.5. The molecule has 0 saturated carbocycles. The fraction of sp³-hybridized carbons (Fsp3) is 0.346. The Morgan fingerprint density at radius 2 is 1.74 bits per heavy atom. The standard InChI is InChI=1S/C26H32N4O4/c1-6-7-13-30-18(4)22(24(31)34-5)23(29-26(30)33)19-9-8-10-20(15-19)27-25(32)28-21-12-11-16(2)17(3)14-21/h8-12,14-15,23H,6-7,13H2,1-5H3,(H,29,33)(H2,27,28,32). The molecule has 4 amide bonds. The smallest absolute Gasteiger partial charge is 0.337 e. The Bertz CT molecular complexity index is 1130. The fourth-order valence-electron chi connectivity index (χ4n) is 3.90. The number of hydrogen-bond acceptors (Lipinski definition) is 4. The number of allylic oxidation sites excluding steroid dienone is 1. The third-order valence-electron chi connectivity index (χ3n) is 5.98. The van der Waals surface area contributed by atoms with Gasteiger partial charge in [0.05, 0.1) is 18.7 Å². The normalized spacial score (nSPS) is 15.6. The zero-order chi connectivity index (χ0) is 24.8. The van der Waals surface area contributed by atoms with Crippen molar-refractivity contribution < 1.29 is 19.1 Å². The topological polar surface area (TPSA) is 99.8 Å². The first kappa shape index (κ1) is 24.8. The van der Waals surface area contributed by atoms with E-state index in [1.165, 1.54) is 7.11 Å². The number of unbranched alkanes of at least 4 members (excludes halogenated alkanes) is 1. The van der Waals surface area contributed by atoms with Crippen molar-refractivity contribution in [3.8, 4) is 0 Å². The van der Waals surface area contributed by atoms with Gasteiger partial charge in [0.1, 0.15) is 0 Å². The van der Waals surface area contributed by atoms with Gasteiger partial charge in [-0.15, -0.1) is 0 Å². The van der Waals surface area contributed by atoms with E-state index < -0.39 is 18.0 Å². The van der Waals surface area contributed by atoms with Crippen LogP contribution >= 0.6 is 0 Å². The summed E-state index contributed by atoms with van der Waals surface area (Å²) in [5.41, 5.74) is 5.05. The summed E-state index contributed by atoms with van der Waals surface area (Å²) in [5.74, 6) is -0.505. The first-order valence-electron chi connectivity index (χ1n) is 11.4. The Balaban J connectivity index is 1.84. The lowest BCUT2D eigenvalue weighted by molar-refractivity contribution is -0.136. The number of anilines is 2. The van der Waals surface area contributed by atoms with Gasteiger partial charge in [-0.05, 0) is 68.1 Å². The van der Waals surface area contributed by atoms with Gasteiger partial charge in [0.2, 0.25) is 0 Å². The van der Waals surface area contributed by atoms with E-state index in [0.29, 0.717) is 34.8 Å². The van der Waals surface area contributed by atoms with Crippen molar-refractivity contribution in [2.75, 3.05) is 24.3 Å². The monoisotopic (exact) mass is 464 g/mol. The van der Waals surface area contributed by atoms with Crippen LogP contribution in [0.1, 0.15) is 49.4 Å². The zero-order valence-electron chi connectivity index (χ0n) is 20.3. The van der Waals surface area contributed by atoms with Gasteiger partial charge in [0.25, 0.3) is 0 Å². The molecule has 8 nitrogen and oxygen atoms in total. The Morgan fingerprint density at radius 3 is 2.38 bits per heavy atom. The van der Waals surface area contributed by atoms with E-state index >= 15 is 0 Å². The predicted octanol–water partition coefficient (Wildman–Crippen LogP) is 5.26. The molecule has 2 aromatic carbocycles. The molecule has 1 aliphatic heterocycles. The number of esters is 1. The molecule has 8 heteroatoms. The Morgan fingerprint density at radius 1 is 1.03 bits per heavy atom. The molecule has 3 rings (SSSR count). The van der Waals surface area contributed by atoms with Crippen LogP contribution in [0.5, 0.6) is 0 Å². The molecule has 1 heterocycles. The second-order valence-electron chi connectivity index (χ2n) is 8.38. The molecule has 0 bridgehead atoms. The minimum atomic E-state index is -0.692. The second-order valence-corrected chi connectivity index (χ2v) is 8.38. The summed E-state index contributed by atoms with van der Waals surface area (Å²) in [6, 6.07) is 11.4. The maximum absolute atomic E-state index is 12.8. The molecule has 0 saturated heterocycles. The third kappa shape index (κ3) is 5.57. The number of hydrogen-bond donors (Lipinski definition) is 3. The SMILES string of the molecule is CCCCN1C(=O)NC(c2cccc(NC(=O)Nc3ccc(C)c(C)c3)c2)C(C(=O)OC)=C1C. The molecule has 3 N–H and O–H groups in total. The Kier molecular flexibility index (Phi) is 7.94. The van der Waals surface area contributed by atoms with E-state index in [1.807, 2.05) is 39.0 Å². The number of benzene rings is 2. The largest absolute Gasteiger partial charge is 0.466 e. The van der Waals surface area contributed by atoms with Gasteiger partial charge < -0.3 is 20.7 Å². The molecule has 34 heavy (non-hydrogen) atoms. The lowest BCUT2D eigenvalue weighted by Crippen LogP contribution is -2.48. The first-order chi connectivity index (χ1) is 16.2. The van der Waals surface area contributed by atoms with Crippen LogP contribution in [0.15, 0.2) is 53.7 Å². The number of nitrogens with one attached hydrogen (secondary N) is 3. The molecule has 1 aliphatic rings. The summed E-state index contributed by atoms with van der Waals surface area (Å²) >= 11 is 0. The molecule has 2 aromatic rings. The van der Waals surface area contributed by atoms with Crippen LogP contribution in [0.2, 0.25) is 0 Å². The molecule has 180 valence electrons. The van der Waals surface area contributed by atoms with Crippen LogP contribution in [-0.2, 0) is 9.53 Å². The van der Waals surface area contributed by atoms with E-state index in [9.17, 15) is 14.4 Å². The maximum Gasteiger partial charge on any atom is 0.337 e. The van der Waals surface area contributed by atoms with Crippen LogP contribution in [0.4, 0.5) is 21.0 Å². The number of aryl methyl sites for hydroxylation is 2. The zero-order valence-corrected chi connectivity index (χ0v) is 20.3. The number of nitrogens with zero attached hydrogens (tertiary/aromatic N) is 1. The summed E-state index contributed by atoms with van der Waals surface area (Å²) in [6.45, 7) is 8.31. The number of methoxy groups -OCH3 is 1. The number of rotatable bonds is 7. The van der Waals surface area contributed by atoms with E-state index in [1.54, 1.807) is 36.1 Å². The molecule has 0 aliphatic carbocycles. The molecule has 0 fully saturated rings. The summed E-state index contributed by atoms with van der Waals surface area (Å²) in [5, 5.41) is 8.56. The van der Waals surface area contributed by atoms with E-state index in [4.69, 9.17) is 4.74 Å². The number of ether oxygens (including phenoxy) is 1. The van der Waals surface area contributed by atoms with Crippen molar-refractivity contribution in [3.63, 3.8) is 0 Å². The fourth-order valence-corrected chi connectivity index (χ4v) is 3.90. The van der Waals surface area contributed by atoms with Crippen molar-refractivity contribution in [1.29, 1.82) is 0 Å². The van der Waals surface area contributed by atoms with Crippen molar-refractivity contribution in [2.45, 2.75) is 46.6 Å². The van der Waals surface area contributed by atoms with Gasteiger partial charge in [0, 0.05) is 23.6 Å². The minimum Gasteiger partial charge on any atom is -0.466 e. The lowest BCUT2D eigenvalue weighted by atomic mass is 9.94. The molecule has 1 atom stereocenters. The van der Waals surface area contributed by atoms with Crippen LogP contribution in [0.25, 0.3) is 0 Å². The highest BCUT2D eigenvalue weighted by Gasteiger charge is 2.36. The van der Waals surface area contributed by atoms with E-state index in [0.717, 1.165) is 24.0 Å². The molecular formula is C26H32N4O4. The van der Waals surface area contributed by atoms with Gasteiger partial charge in [-0.3, -0.25) is 4.90 Å². The molecular weight excluding hydrogens is 432 g/mol. The summed E-state index contributed by atoms with van der Waals surface area (Å²) in [6.07, 6.45) is 1.74. The average molecular weight is 465 g/mol. The maximum atomic E-state index is 12.8. The van der Waals surface area contributed by atoms with Crippen molar-refractivity contribution in [2.24, 2.45) is 0 Å². The number of carbonyl (C=O) groups excluding carboxylic acids is 3. The van der Waals surface area contributed by atoms with Crippen molar-refractivity contribution in [1.82, 2.24) is 10.2 Å². The minimum absolute atomic E-state index is 0.269. The first-order valence-corrected chi connectivity index (χ1v) is 11.4. The highest BCUT2D eigenvalue weighted by Crippen LogP contribution is 2.32. The number of amides is 4. The quantitative estimate of drug-likeness (QED) is 0.487. The van der Waals surface area contributed by atoms with Crippen molar-refractivity contribution in [3.05, 3.63) is 70.4 Å². The highest BCUT2D eigenvalue weighted by molar-refractivity contribution is 6.00. The molecule has 1 unspecified atom stereocenters. The average Bonchev–Trinajstić information content (AvgIpc) is 2.80. The number of urea groups is 2. The van der Waals surface area contributed by atoms with Gasteiger partial charge in [-0.1, -0.05) is 31.5 Å². The summed E-state index contributed by atoms with van der Waals surface area (Å²) in [4.78, 5) is 39.6.